The van der Waals surface area contributed by atoms with Crippen LogP contribution in [-0.4, -0.2) is 69.9 Å². The van der Waals surface area contributed by atoms with Crippen LogP contribution in [0.25, 0.3) is 5.65 Å². The van der Waals surface area contributed by atoms with Gasteiger partial charge in [-0.2, -0.15) is 4.52 Å². The van der Waals surface area contributed by atoms with Gasteiger partial charge in [0.2, 0.25) is 5.91 Å². The van der Waals surface area contributed by atoms with Crippen molar-refractivity contribution < 1.29 is 9.53 Å². The third-order valence-electron chi connectivity index (χ3n) is 5.33. The van der Waals surface area contributed by atoms with Crippen molar-refractivity contribution in [2.24, 2.45) is 0 Å². The van der Waals surface area contributed by atoms with Crippen LogP contribution in [0.3, 0.4) is 0 Å². The van der Waals surface area contributed by atoms with E-state index in [4.69, 9.17) is 4.74 Å². The van der Waals surface area contributed by atoms with Gasteiger partial charge in [-0.15, -0.1) is 15.3 Å². The molecule has 3 aromatic rings. The molecule has 0 saturated carbocycles. The lowest BCUT2D eigenvalue weighted by Crippen LogP contribution is -2.53. The number of anilines is 2. The van der Waals surface area contributed by atoms with E-state index in [0.29, 0.717) is 11.4 Å². The van der Waals surface area contributed by atoms with Gasteiger partial charge in [0.1, 0.15) is 11.6 Å². The van der Waals surface area contributed by atoms with Crippen LogP contribution in [0.15, 0.2) is 36.4 Å². The van der Waals surface area contributed by atoms with Crippen molar-refractivity contribution in [3.8, 4) is 5.75 Å². The average Bonchev–Trinajstić information content (AvgIpc) is 3.14. The molecule has 0 radical (unpaired) electrons. The molecular weight excluding hydrogens is 370 g/mol. The predicted molar refractivity (Wildman–Crippen MR) is 110 cm³/mol. The lowest BCUT2D eigenvalue weighted by molar-refractivity contribution is -0.120. The molecule has 4 rings (SSSR count). The van der Waals surface area contributed by atoms with E-state index in [1.54, 1.807) is 11.6 Å². The second kappa shape index (κ2) is 8.04. The van der Waals surface area contributed by atoms with Crippen LogP contribution >= 0.6 is 0 Å². The monoisotopic (exact) mass is 395 g/mol. The van der Waals surface area contributed by atoms with Gasteiger partial charge < -0.3 is 15.0 Å². The number of aryl methyl sites for hydroxylation is 1. The number of benzene rings is 1. The molecule has 1 saturated heterocycles. The summed E-state index contributed by atoms with van der Waals surface area (Å²) in [6.45, 7) is 6.97. The number of para-hydroxylation sites is 2. The largest absolute Gasteiger partial charge is 0.495 e. The summed E-state index contributed by atoms with van der Waals surface area (Å²) in [4.78, 5) is 17.1. The first-order chi connectivity index (χ1) is 14.1. The summed E-state index contributed by atoms with van der Waals surface area (Å²) in [5.74, 6) is 2.28. The summed E-state index contributed by atoms with van der Waals surface area (Å²) in [7, 11) is 1.60. The van der Waals surface area contributed by atoms with E-state index in [0.717, 1.165) is 43.5 Å². The molecule has 0 spiro atoms. The van der Waals surface area contributed by atoms with Gasteiger partial charge in [0.25, 0.3) is 0 Å². The van der Waals surface area contributed by atoms with E-state index in [-0.39, 0.29) is 11.9 Å². The number of methoxy groups -OCH3 is 1. The molecule has 1 amide bonds. The third kappa shape index (κ3) is 3.86. The molecule has 1 N–H and O–H groups in total. The Hall–Kier alpha value is -3.20. The molecule has 1 fully saturated rings. The summed E-state index contributed by atoms with van der Waals surface area (Å²) in [5, 5.41) is 15.8. The number of amides is 1. The zero-order valence-electron chi connectivity index (χ0n) is 16.9. The fourth-order valence-corrected chi connectivity index (χ4v) is 3.54. The number of rotatable bonds is 5. The third-order valence-corrected chi connectivity index (χ3v) is 5.33. The van der Waals surface area contributed by atoms with Crippen molar-refractivity contribution in [3.05, 3.63) is 42.2 Å². The minimum Gasteiger partial charge on any atom is -0.495 e. The summed E-state index contributed by atoms with van der Waals surface area (Å²) in [6, 6.07) is 11.1. The van der Waals surface area contributed by atoms with Crippen molar-refractivity contribution in [1.29, 1.82) is 0 Å². The molecule has 9 heteroatoms. The number of carbonyl (C=O) groups excluding carboxylic acids is 1. The fourth-order valence-electron chi connectivity index (χ4n) is 3.54. The standard InChI is InChI=1S/C20H25N7O2/c1-14(20(28)21-16-6-4-5-7-17(16)29-3)25-10-12-26(13-11-25)19-9-8-18-23-22-15(2)27(18)24-19/h4-9,14H,10-13H2,1-3H3,(H,21,28). The molecule has 1 unspecified atom stereocenters. The minimum atomic E-state index is -0.238. The first kappa shape index (κ1) is 19.1. The van der Waals surface area contributed by atoms with Crippen LogP contribution in [-0.2, 0) is 4.79 Å². The Morgan fingerprint density at radius 3 is 2.62 bits per heavy atom. The van der Waals surface area contributed by atoms with E-state index in [1.165, 1.54) is 0 Å². The van der Waals surface area contributed by atoms with E-state index in [1.807, 2.05) is 50.2 Å². The maximum atomic E-state index is 12.7. The SMILES string of the molecule is COc1ccccc1NC(=O)C(C)N1CCN(c2ccc3nnc(C)n3n2)CC1. The molecule has 152 valence electrons. The van der Waals surface area contributed by atoms with E-state index in [9.17, 15) is 4.79 Å². The van der Waals surface area contributed by atoms with Crippen LogP contribution in [0.4, 0.5) is 11.5 Å². The number of carbonyl (C=O) groups is 1. The Morgan fingerprint density at radius 1 is 1.10 bits per heavy atom. The first-order valence-electron chi connectivity index (χ1n) is 9.69. The van der Waals surface area contributed by atoms with Crippen molar-refractivity contribution in [2.45, 2.75) is 19.9 Å². The number of aromatic nitrogens is 4. The highest BCUT2D eigenvalue weighted by Crippen LogP contribution is 2.24. The highest BCUT2D eigenvalue weighted by molar-refractivity contribution is 5.95. The highest BCUT2D eigenvalue weighted by atomic mass is 16.5. The van der Waals surface area contributed by atoms with Crippen molar-refractivity contribution in [2.75, 3.05) is 43.5 Å². The topological polar surface area (TPSA) is 87.9 Å². The van der Waals surface area contributed by atoms with E-state index >= 15 is 0 Å². The quantitative estimate of drug-likeness (QED) is 0.702. The zero-order valence-corrected chi connectivity index (χ0v) is 16.9. The molecule has 9 nitrogen and oxygen atoms in total. The van der Waals surface area contributed by atoms with Gasteiger partial charge in [-0.05, 0) is 38.1 Å². The van der Waals surface area contributed by atoms with Crippen molar-refractivity contribution in [3.63, 3.8) is 0 Å². The Balaban J connectivity index is 1.38. The Bertz CT molecular complexity index is 1010. The van der Waals surface area contributed by atoms with Gasteiger partial charge in [0.15, 0.2) is 11.5 Å². The molecule has 1 atom stereocenters. The number of hydrogen-bond acceptors (Lipinski definition) is 7. The van der Waals surface area contributed by atoms with Crippen LogP contribution in [0, 0.1) is 6.92 Å². The number of nitrogens with zero attached hydrogens (tertiary/aromatic N) is 6. The van der Waals surface area contributed by atoms with E-state index < -0.39 is 0 Å². The van der Waals surface area contributed by atoms with E-state index in [2.05, 4.69) is 30.4 Å². The lowest BCUT2D eigenvalue weighted by atomic mass is 10.2. The van der Waals surface area contributed by atoms with Gasteiger partial charge in [-0.1, -0.05) is 12.1 Å². The molecule has 1 aliphatic rings. The zero-order chi connectivity index (χ0) is 20.4. The molecule has 1 aromatic carbocycles. The lowest BCUT2D eigenvalue weighted by Gasteiger charge is -2.37. The summed E-state index contributed by atoms with van der Waals surface area (Å²) < 4.78 is 7.07. The maximum absolute atomic E-state index is 12.7. The van der Waals surface area contributed by atoms with Crippen LogP contribution in [0.2, 0.25) is 0 Å². The predicted octanol–water partition coefficient (Wildman–Crippen LogP) is 1.59. The second-order valence-electron chi connectivity index (χ2n) is 7.10. The van der Waals surface area contributed by atoms with Crippen molar-refractivity contribution >= 4 is 23.1 Å². The van der Waals surface area contributed by atoms with Crippen LogP contribution in [0.5, 0.6) is 5.75 Å². The van der Waals surface area contributed by atoms with Gasteiger partial charge in [0, 0.05) is 26.2 Å². The molecule has 1 aliphatic heterocycles. The summed E-state index contributed by atoms with van der Waals surface area (Å²) in [6.07, 6.45) is 0. The second-order valence-corrected chi connectivity index (χ2v) is 7.10. The number of fused-ring (bicyclic) bond motifs is 1. The average molecular weight is 395 g/mol. The first-order valence-corrected chi connectivity index (χ1v) is 9.69. The molecule has 2 aromatic heterocycles. The normalized spacial score (nSPS) is 16.0. The Kier molecular flexibility index (Phi) is 5.30. The van der Waals surface area contributed by atoms with Gasteiger partial charge >= 0.3 is 0 Å². The summed E-state index contributed by atoms with van der Waals surface area (Å²) >= 11 is 0. The number of nitrogens with one attached hydrogen (secondary N) is 1. The number of ether oxygens (including phenoxy) is 1. The Morgan fingerprint density at radius 2 is 1.86 bits per heavy atom. The highest BCUT2D eigenvalue weighted by Gasteiger charge is 2.26. The van der Waals surface area contributed by atoms with Gasteiger partial charge in [-0.3, -0.25) is 9.69 Å². The number of piperazine rings is 1. The fraction of sp³-hybridized carbons (Fsp3) is 0.400. The molecule has 3 heterocycles. The molecular formula is C20H25N7O2. The smallest absolute Gasteiger partial charge is 0.241 e. The Labute approximate surface area is 169 Å². The van der Waals surface area contributed by atoms with Crippen LogP contribution < -0.4 is 15.0 Å². The maximum Gasteiger partial charge on any atom is 0.241 e. The number of hydrogen-bond donors (Lipinski definition) is 1. The summed E-state index contributed by atoms with van der Waals surface area (Å²) in [5.41, 5.74) is 1.43. The van der Waals surface area contributed by atoms with Crippen molar-refractivity contribution in [1.82, 2.24) is 24.7 Å². The molecule has 0 bridgehead atoms. The molecule has 0 aliphatic carbocycles. The van der Waals surface area contributed by atoms with Gasteiger partial charge in [-0.25, -0.2) is 0 Å². The van der Waals surface area contributed by atoms with Crippen LogP contribution in [0.1, 0.15) is 12.7 Å². The molecule has 29 heavy (non-hydrogen) atoms. The minimum absolute atomic E-state index is 0.0393. The van der Waals surface area contributed by atoms with Gasteiger partial charge in [0.05, 0.1) is 18.8 Å².